The van der Waals surface area contributed by atoms with Crippen LogP contribution in [0, 0.1) is 16.4 Å². The summed E-state index contributed by atoms with van der Waals surface area (Å²) < 4.78 is 1.17. The highest BCUT2D eigenvalue weighted by Gasteiger charge is 2.21. The molecule has 0 bridgehead atoms. The molecule has 1 aliphatic heterocycles. The van der Waals surface area contributed by atoms with Gasteiger partial charge < -0.3 is 4.90 Å². The van der Waals surface area contributed by atoms with Gasteiger partial charge >= 0.3 is 0 Å². The van der Waals surface area contributed by atoms with Crippen molar-refractivity contribution in [3.63, 3.8) is 0 Å². The van der Waals surface area contributed by atoms with E-state index in [0.29, 0.717) is 0 Å². The van der Waals surface area contributed by atoms with Crippen molar-refractivity contribution in [3.8, 4) is 0 Å². The molecular formula is C14H18INO. The van der Waals surface area contributed by atoms with Gasteiger partial charge in [-0.25, -0.2) is 0 Å². The third kappa shape index (κ3) is 3.00. The van der Waals surface area contributed by atoms with Gasteiger partial charge in [0.25, 0.3) is 5.91 Å². The molecule has 0 N–H and O–H groups in total. The quantitative estimate of drug-likeness (QED) is 0.715. The molecule has 1 heterocycles. The van der Waals surface area contributed by atoms with E-state index >= 15 is 0 Å². The number of amides is 1. The summed E-state index contributed by atoms with van der Waals surface area (Å²) in [5.74, 6) is 0.951. The summed E-state index contributed by atoms with van der Waals surface area (Å²) in [7, 11) is 0. The highest BCUT2D eigenvalue weighted by molar-refractivity contribution is 14.1. The molecule has 2 nitrogen and oxygen atoms in total. The lowest BCUT2D eigenvalue weighted by molar-refractivity contribution is 0.0697. The summed E-state index contributed by atoms with van der Waals surface area (Å²) in [5.41, 5.74) is 2.06. The Labute approximate surface area is 117 Å². The van der Waals surface area contributed by atoms with Crippen LogP contribution >= 0.6 is 22.6 Å². The van der Waals surface area contributed by atoms with E-state index in [0.717, 1.165) is 37.4 Å². The Morgan fingerprint density at radius 1 is 1.35 bits per heavy atom. The van der Waals surface area contributed by atoms with Crippen LogP contribution in [0.15, 0.2) is 18.2 Å². The summed E-state index contributed by atoms with van der Waals surface area (Å²) in [6.07, 6.45) is 2.27. The van der Waals surface area contributed by atoms with Gasteiger partial charge in [-0.3, -0.25) is 4.79 Å². The van der Waals surface area contributed by atoms with Crippen LogP contribution in [0.1, 0.15) is 35.7 Å². The third-order valence-corrected chi connectivity index (χ3v) is 4.65. The highest BCUT2D eigenvalue weighted by Crippen LogP contribution is 2.20. The maximum absolute atomic E-state index is 12.3. The number of rotatable bonds is 1. The number of likely N-dealkylation sites (tertiary alicyclic amines) is 1. The molecule has 1 aliphatic rings. The van der Waals surface area contributed by atoms with Crippen molar-refractivity contribution in [2.75, 3.05) is 13.1 Å². The minimum Gasteiger partial charge on any atom is -0.339 e. The predicted octanol–water partition coefficient (Wildman–Crippen LogP) is 3.47. The Morgan fingerprint density at radius 2 is 2.00 bits per heavy atom. The van der Waals surface area contributed by atoms with Crippen LogP contribution in [0.4, 0.5) is 0 Å². The van der Waals surface area contributed by atoms with E-state index in [1.807, 2.05) is 23.1 Å². The first-order valence-corrected chi connectivity index (χ1v) is 7.21. The third-order valence-electron chi connectivity index (χ3n) is 3.49. The number of piperidine rings is 1. The van der Waals surface area contributed by atoms with Gasteiger partial charge in [0.2, 0.25) is 0 Å². The SMILES string of the molecule is Cc1ccc(C(=O)N2CCC(C)CC2)cc1I. The minimum atomic E-state index is 0.190. The molecule has 0 aliphatic carbocycles. The Hall–Kier alpha value is -0.580. The fourth-order valence-electron chi connectivity index (χ4n) is 2.12. The molecule has 1 aromatic carbocycles. The Kier molecular flexibility index (Phi) is 4.07. The van der Waals surface area contributed by atoms with Gasteiger partial charge in [-0.1, -0.05) is 13.0 Å². The number of hydrogen-bond donors (Lipinski definition) is 0. The Morgan fingerprint density at radius 3 is 2.59 bits per heavy atom. The number of benzene rings is 1. The highest BCUT2D eigenvalue weighted by atomic mass is 127. The van der Waals surface area contributed by atoms with Crippen LogP contribution in [0.25, 0.3) is 0 Å². The van der Waals surface area contributed by atoms with E-state index in [4.69, 9.17) is 0 Å². The largest absolute Gasteiger partial charge is 0.339 e. The number of carbonyl (C=O) groups is 1. The van der Waals surface area contributed by atoms with Crippen LogP contribution in [-0.2, 0) is 0 Å². The Balaban J connectivity index is 2.11. The van der Waals surface area contributed by atoms with Crippen LogP contribution in [0.5, 0.6) is 0 Å². The number of hydrogen-bond acceptors (Lipinski definition) is 1. The molecule has 1 saturated heterocycles. The monoisotopic (exact) mass is 343 g/mol. The lowest BCUT2D eigenvalue weighted by atomic mass is 9.98. The van der Waals surface area contributed by atoms with Crippen LogP contribution in [0.2, 0.25) is 0 Å². The van der Waals surface area contributed by atoms with Gasteiger partial charge in [-0.15, -0.1) is 0 Å². The molecule has 1 aromatic rings. The first-order valence-electron chi connectivity index (χ1n) is 6.13. The minimum absolute atomic E-state index is 0.190. The summed E-state index contributed by atoms with van der Waals surface area (Å²) in [6, 6.07) is 5.97. The van der Waals surface area contributed by atoms with Gasteiger partial charge in [0.15, 0.2) is 0 Å². The van der Waals surface area contributed by atoms with Gasteiger partial charge in [-0.05, 0) is 66.0 Å². The van der Waals surface area contributed by atoms with Crippen LogP contribution in [0.3, 0.4) is 0 Å². The van der Waals surface area contributed by atoms with Crippen molar-refractivity contribution in [3.05, 3.63) is 32.9 Å². The lowest BCUT2D eigenvalue weighted by Gasteiger charge is -2.30. The van der Waals surface area contributed by atoms with Crippen molar-refractivity contribution in [2.24, 2.45) is 5.92 Å². The second-order valence-electron chi connectivity index (χ2n) is 4.94. The number of halogens is 1. The Bertz CT molecular complexity index is 422. The molecule has 1 fully saturated rings. The standard InChI is InChI=1S/C14H18INO/c1-10-5-7-16(8-6-10)14(17)12-4-3-11(2)13(15)9-12/h3-4,9-10H,5-8H2,1-2H3. The molecule has 0 unspecified atom stereocenters. The average Bonchev–Trinajstić information content (AvgIpc) is 2.33. The van der Waals surface area contributed by atoms with Gasteiger partial charge in [0.05, 0.1) is 0 Å². The topological polar surface area (TPSA) is 20.3 Å². The zero-order valence-corrected chi connectivity index (χ0v) is 12.5. The smallest absolute Gasteiger partial charge is 0.253 e. The molecule has 0 aromatic heterocycles. The van der Waals surface area contributed by atoms with E-state index in [1.165, 1.54) is 9.13 Å². The maximum atomic E-state index is 12.3. The molecule has 17 heavy (non-hydrogen) atoms. The van der Waals surface area contributed by atoms with Crippen molar-refractivity contribution < 1.29 is 4.79 Å². The number of nitrogens with zero attached hydrogens (tertiary/aromatic N) is 1. The summed E-state index contributed by atoms with van der Waals surface area (Å²) in [4.78, 5) is 14.3. The molecule has 0 spiro atoms. The van der Waals surface area contributed by atoms with Crippen molar-refractivity contribution in [1.82, 2.24) is 4.90 Å². The first kappa shape index (κ1) is 12.9. The molecule has 0 atom stereocenters. The molecule has 3 heteroatoms. The van der Waals surface area contributed by atoms with Crippen molar-refractivity contribution in [1.29, 1.82) is 0 Å². The van der Waals surface area contributed by atoms with Crippen LogP contribution in [-0.4, -0.2) is 23.9 Å². The van der Waals surface area contributed by atoms with E-state index in [2.05, 4.69) is 36.4 Å². The predicted molar refractivity (Wildman–Crippen MR) is 78.2 cm³/mol. The lowest BCUT2D eigenvalue weighted by Crippen LogP contribution is -2.37. The second-order valence-corrected chi connectivity index (χ2v) is 6.10. The van der Waals surface area contributed by atoms with Gasteiger partial charge in [0, 0.05) is 22.2 Å². The number of aryl methyl sites for hydroxylation is 1. The van der Waals surface area contributed by atoms with Gasteiger partial charge in [-0.2, -0.15) is 0 Å². The van der Waals surface area contributed by atoms with Crippen molar-refractivity contribution >= 4 is 28.5 Å². The zero-order chi connectivity index (χ0) is 12.4. The zero-order valence-electron chi connectivity index (χ0n) is 10.4. The fourth-order valence-corrected chi connectivity index (χ4v) is 2.64. The van der Waals surface area contributed by atoms with Gasteiger partial charge in [0.1, 0.15) is 0 Å². The van der Waals surface area contributed by atoms with Crippen LogP contribution < -0.4 is 0 Å². The molecule has 2 rings (SSSR count). The van der Waals surface area contributed by atoms with E-state index < -0.39 is 0 Å². The maximum Gasteiger partial charge on any atom is 0.253 e. The molecule has 1 amide bonds. The molecule has 0 saturated carbocycles. The molecule has 92 valence electrons. The molecule has 0 radical (unpaired) electrons. The van der Waals surface area contributed by atoms with Crippen molar-refractivity contribution in [2.45, 2.75) is 26.7 Å². The van der Waals surface area contributed by atoms with E-state index in [1.54, 1.807) is 0 Å². The summed E-state index contributed by atoms with van der Waals surface area (Å²) in [5, 5.41) is 0. The summed E-state index contributed by atoms with van der Waals surface area (Å²) >= 11 is 2.29. The first-order chi connectivity index (χ1) is 8.08. The van der Waals surface area contributed by atoms with E-state index in [9.17, 15) is 4.79 Å². The summed E-state index contributed by atoms with van der Waals surface area (Å²) in [6.45, 7) is 6.14. The second kappa shape index (κ2) is 5.38. The average molecular weight is 343 g/mol. The number of carbonyl (C=O) groups excluding carboxylic acids is 1. The molecular weight excluding hydrogens is 325 g/mol. The normalized spacial score (nSPS) is 17.2. The van der Waals surface area contributed by atoms with E-state index in [-0.39, 0.29) is 5.91 Å². The fraction of sp³-hybridized carbons (Fsp3) is 0.500.